The molecule has 1 N–H and O–H groups in total. The Hall–Kier alpha value is -1.81. The third-order valence-electron chi connectivity index (χ3n) is 2.99. The number of ether oxygens (including phenoxy) is 1. The van der Waals surface area contributed by atoms with E-state index in [1.165, 1.54) is 4.88 Å². The van der Waals surface area contributed by atoms with Crippen molar-refractivity contribution in [2.45, 2.75) is 19.8 Å². The predicted molar refractivity (Wildman–Crippen MR) is 82.3 cm³/mol. The fourth-order valence-electron chi connectivity index (χ4n) is 1.91. The Bertz CT molecular complexity index is 537. The van der Waals surface area contributed by atoms with Crippen LogP contribution < -0.4 is 10.1 Å². The molecule has 0 spiro atoms. The van der Waals surface area contributed by atoms with Crippen LogP contribution in [0.4, 0.5) is 0 Å². The smallest absolute Gasteiger partial charge is 0.257 e. The van der Waals surface area contributed by atoms with E-state index in [-0.39, 0.29) is 12.5 Å². The molecule has 0 aliphatic rings. The second-order valence-corrected chi connectivity index (χ2v) is 5.46. The maximum Gasteiger partial charge on any atom is 0.257 e. The van der Waals surface area contributed by atoms with E-state index in [1.54, 1.807) is 11.3 Å². The van der Waals surface area contributed by atoms with Crippen molar-refractivity contribution in [2.24, 2.45) is 0 Å². The molecule has 2 rings (SSSR count). The van der Waals surface area contributed by atoms with Crippen LogP contribution in [0.1, 0.15) is 17.4 Å². The first-order valence-corrected chi connectivity index (χ1v) is 7.67. The second-order valence-electron chi connectivity index (χ2n) is 4.43. The number of nitrogens with one attached hydrogen (secondary N) is 1. The second kappa shape index (κ2) is 7.70. The van der Waals surface area contributed by atoms with Gasteiger partial charge in [0.05, 0.1) is 0 Å². The van der Waals surface area contributed by atoms with Crippen LogP contribution in [-0.4, -0.2) is 19.1 Å². The first kappa shape index (κ1) is 14.6. The largest absolute Gasteiger partial charge is 0.483 e. The fourth-order valence-corrected chi connectivity index (χ4v) is 2.62. The number of aryl methyl sites for hydroxylation is 1. The van der Waals surface area contributed by atoms with Crippen LogP contribution in [-0.2, 0) is 17.6 Å². The maximum atomic E-state index is 11.7. The average molecular weight is 289 g/mol. The molecule has 1 heterocycles. The molecule has 0 saturated carbocycles. The summed E-state index contributed by atoms with van der Waals surface area (Å²) >= 11 is 1.71. The van der Waals surface area contributed by atoms with Gasteiger partial charge in [-0.05, 0) is 35.9 Å². The summed E-state index contributed by atoms with van der Waals surface area (Å²) in [5, 5.41) is 4.91. The van der Waals surface area contributed by atoms with Gasteiger partial charge in [-0.2, -0.15) is 0 Å². The van der Waals surface area contributed by atoms with E-state index in [0.717, 1.165) is 24.2 Å². The third-order valence-corrected chi connectivity index (χ3v) is 3.92. The molecule has 0 unspecified atom stereocenters. The highest BCUT2D eigenvalue weighted by Gasteiger charge is 2.05. The standard InChI is InChI=1S/C16H19NO2S/c1-2-13-6-3-4-8-15(13)19-12-16(18)17-10-9-14-7-5-11-20-14/h3-8,11H,2,9-10,12H2,1H3,(H,17,18). The van der Waals surface area contributed by atoms with Crippen LogP contribution in [0.25, 0.3) is 0 Å². The summed E-state index contributed by atoms with van der Waals surface area (Å²) in [6.45, 7) is 2.79. The van der Waals surface area contributed by atoms with Gasteiger partial charge in [-0.3, -0.25) is 4.79 Å². The lowest BCUT2D eigenvalue weighted by atomic mass is 10.1. The zero-order valence-corrected chi connectivity index (χ0v) is 12.4. The van der Waals surface area contributed by atoms with Gasteiger partial charge < -0.3 is 10.1 Å². The highest BCUT2D eigenvalue weighted by Crippen LogP contribution is 2.17. The summed E-state index contributed by atoms with van der Waals surface area (Å²) in [6.07, 6.45) is 1.77. The molecular formula is C16H19NO2S. The van der Waals surface area contributed by atoms with E-state index >= 15 is 0 Å². The molecule has 0 radical (unpaired) electrons. The number of rotatable bonds is 7. The van der Waals surface area contributed by atoms with E-state index in [1.807, 2.05) is 35.7 Å². The minimum absolute atomic E-state index is 0.0709. The first-order chi connectivity index (χ1) is 9.79. The number of carbonyl (C=O) groups excluding carboxylic acids is 1. The van der Waals surface area contributed by atoms with Gasteiger partial charge in [0.1, 0.15) is 5.75 Å². The molecule has 2 aromatic rings. The van der Waals surface area contributed by atoms with Crippen LogP contribution in [0.15, 0.2) is 41.8 Å². The van der Waals surface area contributed by atoms with Crippen LogP contribution in [0.2, 0.25) is 0 Å². The Balaban J connectivity index is 1.72. The fraction of sp³-hybridized carbons (Fsp3) is 0.312. The van der Waals surface area contributed by atoms with Gasteiger partial charge in [0.2, 0.25) is 0 Å². The SMILES string of the molecule is CCc1ccccc1OCC(=O)NCCc1cccs1. The summed E-state index contributed by atoms with van der Waals surface area (Å²) in [6, 6.07) is 11.9. The number of amides is 1. The number of hydrogen-bond donors (Lipinski definition) is 1. The summed E-state index contributed by atoms with van der Waals surface area (Å²) in [4.78, 5) is 13.0. The molecule has 3 nitrogen and oxygen atoms in total. The van der Waals surface area contributed by atoms with Crippen molar-refractivity contribution in [1.29, 1.82) is 0 Å². The Morgan fingerprint density at radius 2 is 2.10 bits per heavy atom. The molecule has 0 aliphatic carbocycles. The molecule has 1 aromatic carbocycles. The van der Waals surface area contributed by atoms with Crippen LogP contribution in [0.3, 0.4) is 0 Å². The molecule has 0 bridgehead atoms. The van der Waals surface area contributed by atoms with E-state index in [4.69, 9.17) is 4.74 Å². The molecule has 4 heteroatoms. The molecule has 0 aliphatic heterocycles. The Morgan fingerprint density at radius 1 is 1.25 bits per heavy atom. The number of benzene rings is 1. The zero-order valence-electron chi connectivity index (χ0n) is 11.6. The van der Waals surface area contributed by atoms with Gasteiger partial charge in [0.15, 0.2) is 6.61 Å². The first-order valence-electron chi connectivity index (χ1n) is 6.79. The lowest BCUT2D eigenvalue weighted by Crippen LogP contribution is -2.30. The summed E-state index contributed by atoms with van der Waals surface area (Å²) in [7, 11) is 0. The molecule has 0 fully saturated rings. The maximum absolute atomic E-state index is 11.7. The topological polar surface area (TPSA) is 38.3 Å². The number of thiophene rings is 1. The van der Waals surface area contributed by atoms with Crippen molar-refractivity contribution >= 4 is 17.2 Å². The lowest BCUT2D eigenvalue weighted by Gasteiger charge is -2.10. The van der Waals surface area contributed by atoms with Gasteiger partial charge in [0, 0.05) is 11.4 Å². The lowest BCUT2D eigenvalue weighted by molar-refractivity contribution is -0.123. The molecule has 20 heavy (non-hydrogen) atoms. The highest BCUT2D eigenvalue weighted by atomic mass is 32.1. The zero-order chi connectivity index (χ0) is 14.2. The summed E-state index contributed by atoms with van der Waals surface area (Å²) in [5.74, 6) is 0.718. The normalized spacial score (nSPS) is 10.2. The monoisotopic (exact) mass is 289 g/mol. The molecule has 1 amide bonds. The van der Waals surface area contributed by atoms with Gasteiger partial charge in [-0.1, -0.05) is 31.2 Å². The third kappa shape index (κ3) is 4.38. The molecular weight excluding hydrogens is 270 g/mol. The van der Waals surface area contributed by atoms with Crippen LogP contribution in [0, 0.1) is 0 Å². The van der Waals surface area contributed by atoms with E-state index < -0.39 is 0 Å². The van der Waals surface area contributed by atoms with Gasteiger partial charge in [-0.15, -0.1) is 11.3 Å². The van der Waals surface area contributed by atoms with Crippen LogP contribution in [0.5, 0.6) is 5.75 Å². The van der Waals surface area contributed by atoms with Gasteiger partial charge >= 0.3 is 0 Å². The molecule has 1 aromatic heterocycles. The highest BCUT2D eigenvalue weighted by molar-refractivity contribution is 7.09. The summed E-state index contributed by atoms with van der Waals surface area (Å²) in [5.41, 5.74) is 1.12. The van der Waals surface area contributed by atoms with E-state index in [2.05, 4.69) is 18.3 Å². The van der Waals surface area contributed by atoms with Crippen molar-refractivity contribution in [1.82, 2.24) is 5.32 Å². The van der Waals surface area contributed by atoms with Gasteiger partial charge in [-0.25, -0.2) is 0 Å². The number of para-hydroxylation sites is 1. The predicted octanol–water partition coefficient (Wildman–Crippen LogP) is 3.05. The van der Waals surface area contributed by atoms with Crippen molar-refractivity contribution < 1.29 is 9.53 Å². The minimum Gasteiger partial charge on any atom is -0.483 e. The number of hydrogen-bond acceptors (Lipinski definition) is 3. The van der Waals surface area contributed by atoms with Gasteiger partial charge in [0.25, 0.3) is 5.91 Å². The van der Waals surface area contributed by atoms with E-state index in [9.17, 15) is 4.79 Å². The summed E-state index contributed by atoms with van der Waals surface area (Å²) < 4.78 is 5.57. The average Bonchev–Trinajstić information content (AvgIpc) is 2.98. The van der Waals surface area contributed by atoms with Crippen LogP contribution >= 0.6 is 11.3 Å². The van der Waals surface area contributed by atoms with Crippen molar-refractivity contribution in [3.8, 4) is 5.75 Å². The van der Waals surface area contributed by atoms with Crippen molar-refractivity contribution in [3.63, 3.8) is 0 Å². The Morgan fingerprint density at radius 3 is 2.85 bits per heavy atom. The minimum atomic E-state index is -0.0764. The number of carbonyl (C=O) groups is 1. The Labute approximate surface area is 123 Å². The Kier molecular flexibility index (Phi) is 5.62. The quantitative estimate of drug-likeness (QED) is 0.851. The van der Waals surface area contributed by atoms with E-state index in [0.29, 0.717) is 6.54 Å². The molecule has 0 atom stereocenters. The van der Waals surface area contributed by atoms with Crippen molar-refractivity contribution in [3.05, 3.63) is 52.2 Å². The molecule has 106 valence electrons. The van der Waals surface area contributed by atoms with Crippen molar-refractivity contribution in [2.75, 3.05) is 13.2 Å². The molecule has 0 saturated heterocycles.